The van der Waals surface area contributed by atoms with Crippen molar-refractivity contribution in [1.29, 1.82) is 0 Å². The number of Topliss-reactive ketones (excluding diaryl/α,β-unsaturated/α-hetero) is 1. The van der Waals surface area contributed by atoms with Gasteiger partial charge in [0.15, 0.2) is 5.76 Å². The highest BCUT2D eigenvalue weighted by atomic mass is 35.5. The minimum atomic E-state index is -0.709. The average molecular weight is 467 g/mol. The van der Waals surface area contributed by atoms with E-state index in [1.807, 2.05) is 38.1 Å². The summed E-state index contributed by atoms with van der Waals surface area (Å²) in [4.78, 5) is 34.5. The summed E-state index contributed by atoms with van der Waals surface area (Å²) in [5.41, 5.74) is 3.42. The maximum atomic E-state index is 13.2. The number of benzene rings is 1. The smallest absolute Gasteiger partial charge is 0.295 e. The lowest BCUT2D eigenvalue weighted by Gasteiger charge is -2.26. The van der Waals surface area contributed by atoms with Gasteiger partial charge in [0.25, 0.3) is 11.7 Å². The van der Waals surface area contributed by atoms with Crippen LogP contribution in [-0.2, 0) is 9.59 Å². The number of aliphatic hydroxyl groups excluding tert-OH is 1. The molecule has 3 aromatic rings. The van der Waals surface area contributed by atoms with Gasteiger partial charge in [0.2, 0.25) is 0 Å². The molecule has 0 unspecified atom stereocenters. The number of carbonyl (C=O) groups excluding carboxylic acids is 2. The largest absolute Gasteiger partial charge is 0.505 e. The van der Waals surface area contributed by atoms with Crippen molar-refractivity contribution >= 4 is 34.7 Å². The Kier molecular flexibility index (Phi) is 6.28. The molecule has 0 spiro atoms. The van der Waals surface area contributed by atoms with Gasteiger partial charge < -0.3 is 14.9 Å². The number of pyridine rings is 1. The maximum Gasteiger partial charge on any atom is 0.295 e. The topological polar surface area (TPSA) is 78.1 Å². The summed E-state index contributed by atoms with van der Waals surface area (Å²) in [5.74, 6) is -1.53. The van der Waals surface area contributed by atoms with Crippen molar-refractivity contribution in [2.45, 2.75) is 26.3 Å². The van der Waals surface area contributed by atoms with E-state index in [0.717, 1.165) is 12.1 Å². The molecule has 1 aliphatic rings. The molecule has 7 nitrogen and oxygen atoms in total. The molecular formula is C25H27ClN4O3. The number of halogens is 1. The van der Waals surface area contributed by atoms with Gasteiger partial charge in [0.1, 0.15) is 11.3 Å². The molecular weight excluding hydrogens is 440 g/mol. The molecule has 1 N–H and O–H groups in total. The zero-order valence-electron chi connectivity index (χ0n) is 19.2. The summed E-state index contributed by atoms with van der Waals surface area (Å²) in [6, 6.07) is 10.1. The van der Waals surface area contributed by atoms with Crippen LogP contribution in [0.1, 0.15) is 35.0 Å². The molecule has 1 aliphatic heterocycles. The molecule has 1 aromatic carbocycles. The van der Waals surface area contributed by atoms with Gasteiger partial charge in [-0.15, -0.1) is 0 Å². The van der Waals surface area contributed by atoms with Crippen molar-refractivity contribution in [2.75, 3.05) is 27.2 Å². The van der Waals surface area contributed by atoms with Crippen molar-refractivity contribution in [2.24, 2.45) is 0 Å². The predicted molar refractivity (Wildman–Crippen MR) is 128 cm³/mol. The van der Waals surface area contributed by atoms with E-state index in [0.29, 0.717) is 40.6 Å². The lowest BCUT2D eigenvalue weighted by molar-refractivity contribution is -0.139. The Balaban J connectivity index is 1.89. The molecule has 0 bridgehead atoms. The summed E-state index contributed by atoms with van der Waals surface area (Å²) in [6.07, 6.45) is 2.49. The van der Waals surface area contributed by atoms with Crippen LogP contribution < -0.4 is 0 Å². The molecule has 8 heteroatoms. The van der Waals surface area contributed by atoms with Gasteiger partial charge in [-0.05, 0) is 70.2 Å². The first-order chi connectivity index (χ1) is 15.7. The summed E-state index contributed by atoms with van der Waals surface area (Å²) in [5, 5.41) is 12.0. The van der Waals surface area contributed by atoms with Crippen molar-refractivity contribution in [1.82, 2.24) is 19.2 Å². The highest BCUT2D eigenvalue weighted by molar-refractivity contribution is 6.46. The molecule has 33 heavy (non-hydrogen) atoms. The minimum Gasteiger partial charge on any atom is -0.505 e. The zero-order valence-corrected chi connectivity index (χ0v) is 19.9. The maximum absolute atomic E-state index is 13.2. The fourth-order valence-electron chi connectivity index (χ4n) is 4.39. The van der Waals surface area contributed by atoms with E-state index in [1.54, 1.807) is 46.7 Å². The van der Waals surface area contributed by atoms with Crippen LogP contribution in [0.2, 0.25) is 5.02 Å². The molecule has 172 valence electrons. The van der Waals surface area contributed by atoms with Crippen LogP contribution in [-0.4, -0.2) is 63.2 Å². The molecule has 3 heterocycles. The fraction of sp³-hybridized carbons (Fsp3) is 0.320. The van der Waals surface area contributed by atoms with Gasteiger partial charge in [-0.25, -0.2) is 4.98 Å². The second-order valence-corrected chi connectivity index (χ2v) is 9.07. The Morgan fingerprint density at radius 3 is 2.52 bits per heavy atom. The number of aromatic nitrogens is 2. The van der Waals surface area contributed by atoms with E-state index in [-0.39, 0.29) is 11.3 Å². The second-order valence-electron chi connectivity index (χ2n) is 8.63. The van der Waals surface area contributed by atoms with Gasteiger partial charge in [0, 0.05) is 17.8 Å². The van der Waals surface area contributed by atoms with E-state index in [2.05, 4.69) is 4.98 Å². The first-order valence-corrected chi connectivity index (χ1v) is 11.2. The Morgan fingerprint density at radius 2 is 1.85 bits per heavy atom. The Labute approximate surface area is 197 Å². The molecule has 1 amide bonds. The third-order valence-corrected chi connectivity index (χ3v) is 6.23. The number of nitrogens with zero attached hydrogens (tertiary/aromatic N) is 4. The summed E-state index contributed by atoms with van der Waals surface area (Å²) >= 11 is 6.09. The van der Waals surface area contributed by atoms with Crippen LogP contribution in [0.25, 0.3) is 11.4 Å². The van der Waals surface area contributed by atoms with Crippen molar-refractivity contribution in [3.8, 4) is 0 Å². The third kappa shape index (κ3) is 4.14. The Morgan fingerprint density at radius 1 is 1.15 bits per heavy atom. The number of aliphatic hydroxyl groups is 1. The quantitative estimate of drug-likeness (QED) is 0.338. The molecule has 1 fully saturated rings. The van der Waals surface area contributed by atoms with E-state index in [1.165, 1.54) is 0 Å². The highest BCUT2D eigenvalue weighted by Gasteiger charge is 2.46. The summed E-state index contributed by atoms with van der Waals surface area (Å²) < 4.78 is 1.76. The molecule has 2 aromatic heterocycles. The van der Waals surface area contributed by atoms with Crippen molar-refractivity contribution < 1.29 is 14.7 Å². The first kappa shape index (κ1) is 23.0. The minimum absolute atomic E-state index is 0.0681. The number of fused-ring (bicyclic) bond motifs is 1. The molecule has 0 radical (unpaired) electrons. The van der Waals surface area contributed by atoms with Crippen LogP contribution in [0.3, 0.4) is 0 Å². The summed E-state index contributed by atoms with van der Waals surface area (Å²) in [7, 11) is 3.92. The van der Waals surface area contributed by atoms with Crippen LogP contribution in [0.15, 0.2) is 48.2 Å². The molecule has 4 rings (SSSR count). The van der Waals surface area contributed by atoms with Crippen LogP contribution >= 0.6 is 11.6 Å². The lowest BCUT2D eigenvalue weighted by atomic mass is 9.96. The lowest BCUT2D eigenvalue weighted by Crippen LogP contribution is -2.32. The number of hydrogen-bond donors (Lipinski definition) is 1. The Bertz CT molecular complexity index is 1260. The number of likely N-dealkylation sites (tertiary alicyclic amines) is 1. The number of ketones is 1. The molecule has 1 saturated heterocycles. The number of imidazole rings is 1. The van der Waals surface area contributed by atoms with Gasteiger partial charge in [0.05, 0.1) is 17.3 Å². The second kappa shape index (κ2) is 9.00. The van der Waals surface area contributed by atoms with Crippen LogP contribution in [0.4, 0.5) is 0 Å². The normalized spacial score (nSPS) is 18.1. The number of rotatable bonds is 6. The van der Waals surface area contributed by atoms with Crippen LogP contribution in [0.5, 0.6) is 0 Å². The standard InChI is InChI=1S/C25H27ClN4O3/c1-15-7-5-13-29-20(16(2)27-24(15)29)22(31)19-21(17-8-10-18(26)11-9-17)30(25(33)23(19)32)14-6-12-28(3)4/h5,7-11,13,21,31H,6,12,14H2,1-4H3/t21-/m0/s1. The monoisotopic (exact) mass is 466 g/mol. The van der Waals surface area contributed by atoms with Crippen LogP contribution in [0, 0.1) is 13.8 Å². The molecule has 0 saturated carbocycles. The SMILES string of the molecule is Cc1nc2c(C)cccn2c1C(O)=C1C(=O)C(=O)N(CCCN(C)C)[C@H]1c1ccc(Cl)cc1. The van der Waals surface area contributed by atoms with E-state index < -0.39 is 17.7 Å². The van der Waals surface area contributed by atoms with Crippen molar-refractivity contribution in [3.05, 3.63) is 75.7 Å². The molecule has 1 atom stereocenters. The van der Waals surface area contributed by atoms with Crippen molar-refractivity contribution in [3.63, 3.8) is 0 Å². The van der Waals surface area contributed by atoms with Gasteiger partial charge in [-0.1, -0.05) is 29.8 Å². The summed E-state index contributed by atoms with van der Waals surface area (Å²) in [6.45, 7) is 4.87. The van der Waals surface area contributed by atoms with Gasteiger partial charge in [-0.3, -0.25) is 14.0 Å². The number of carbonyl (C=O) groups is 2. The highest BCUT2D eigenvalue weighted by Crippen LogP contribution is 2.40. The number of amides is 1. The Hall–Kier alpha value is -3.16. The van der Waals surface area contributed by atoms with Gasteiger partial charge in [-0.2, -0.15) is 0 Å². The average Bonchev–Trinajstić information content (AvgIpc) is 3.23. The van der Waals surface area contributed by atoms with E-state index in [9.17, 15) is 14.7 Å². The fourth-order valence-corrected chi connectivity index (χ4v) is 4.52. The predicted octanol–water partition coefficient (Wildman–Crippen LogP) is 3.98. The zero-order chi connectivity index (χ0) is 23.9. The third-order valence-electron chi connectivity index (χ3n) is 5.97. The van der Waals surface area contributed by atoms with E-state index >= 15 is 0 Å². The number of hydrogen-bond acceptors (Lipinski definition) is 5. The molecule has 0 aliphatic carbocycles. The number of aryl methyl sites for hydroxylation is 2. The first-order valence-electron chi connectivity index (χ1n) is 10.8. The van der Waals surface area contributed by atoms with E-state index in [4.69, 9.17) is 11.6 Å². The van der Waals surface area contributed by atoms with Gasteiger partial charge >= 0.3 is 0 Å².